The lowest BCUT2D eigenvalue weighted by Gasteiger charge is -2.20. The van der Waals surface area contributed by atoms with Gasteiger partial charge < -0.3 is 10.2 Å². The van der Waals surface area contributed by atoms with Crippen LogP contribution in [0.5, 0.6) is 0 Å². The summed E-state index contributed by atoms with van der Waals surface area (Å²) in [5, 5.41) is 7.96. The Morgan fingerprint density at radius 1 is 1.19 bits per heavy atom. The first kappa shape index (κ1) is 21.6. The highest BCUT2D eigenvalue weighted by molar-refractivity contribution is 5.75. The van der Waals surface area contributed by atoms with Crippen LogP contribution in [0.25, 0.3) is 16.9 Å². The normalized spacial score (nSPS) is 11.7. The molecule has 0 saturated heterocycles. The summed E-state index contributed by atoms with van der Waals surface area (Å²) in [6.07, 6.45) is 14.8. The Hall–Kier alpha value is -3.61. The Morgan fingerprint density at radius 2 is 2.06 bits per heavy atom. The van der Waals surface area contributed by atoms with Crippen molar-refractivity contribution in [3.8, 4) is 11.3 Å². The summed E-state index contributed by atoms with van der Waals surface area (Å²) in [6, 6.07) is 8.37. The second kappa shape index (κ2) is 9.68. The lowest BCUT2D eigenvalue weighted by molar-refractivity contribution is 0.483. The van der Waals surface area contributed by atoms with Crippen LogP contribution in [0.15, 0.2) is 67.5 Å². The molecule has 7 nitrogen and oxygen atoms in total. The zero-order chi connectivity index (χ0) is 22.5. The number of hydrogen-bond acceptors (Lipinski definition) is 5. The number of aromatic nitrogens is 5. The van der Waals surface area contributed by atoms with Crippen molar-refractivity contribution in [3.63, 3.8) is 0 Å². The molecule has 0 amide bonds. The fourth-order valence-corrected chi connectivity index (χ4v) is 3.80. The van der Waals surface area contributed by atoms with Crippen LogP contribution in [-0.4, -0.2) is 30.7 Å². The number of anilines is 3. The summed E-state index contributed by atoms with van der Waals surface area (Å²) in [4.78, 5) is 11.5. The van der Waals surface area contributed by atoms with E-state index >= 15 is 0 Å². The number of allylic oxidation sites excluding steroid dienone is 1. The fraction of sp³-hybridized carbons (Fsp3) is 0.320. The van der Waals surface area contributed by atoms with Gasteiger partial charge in [-0.3, -0.25) is 9.08 Å². The summed E-state index contributed by atoms with van der Waals surface area (Å²) in [5.74, 6) is 1.26. The minimum atomic E-state index is 0.543. The van der Waals surface area contributed by atoms with Crippen molar-refractivity contribution < 1.29 is 0 Å². The molecule has 0 atom stereocenters. The standard InChI is InChI=1S/C25H31N7/c1-5-11-30(12-6-2)22-9-7-8-21(14-22)29-24-25-27-16-23(32(25)13-10-26-24)20-15-28-31(18-20)17-19(3)4/h5,7-11,13-16,18-19H,6,12,17H2,1-4H3,(H,26,29)/b11-5+. The molecule has 4 aromatic rings. The summed E-state index contributed by atoms with van der Waals surface area (Å²) in [7, 11) is 0. The van der Waals surface area contributed by atoms with Crippen LogP contribution in [0.4, 0.5) is 17.2 Å². The summed E-state index contributed by atoms with van der Waals surface area (Å²) in [6.45, 7) is 10.5. The number of imidazole rings is 1. The quantitative estimate of drug-likeness (QED) is 0.367. The van der Waals surface area contributed by atoms with E-state index in [4.69, 9.17) is 0 Å². The molecule has 1 aromatic carbocycles. The van der Waals surface area contributed by atoms with Gasteiger partial charge in [0.15, 0.2) is 11.5 Å². The van der Waals surface area contributed by atoms with Crippen molar-refractivity contribution in [2.24, 2.45) is 5.92 Å². The molecule has 166 valence electrons. The van der Waals surface area contributed by atoms with E-state index in [2.05, 4.69) is 87.1 Å². The van der Waals surface area contributed by atoms with Crippen molar-refractivity contribution in [1.82, 2.24) is 24.1 Å². The van der Waals surface area contributed by atoms with E-state index in [0.29, 0.717) is 5.92 Å². The smallest absolute Gasteiger partial charge is 0.180 e. The maximum atomic E-state index is 4.66. The summed E-state index contributed by atoms with van der Waals surface area (Å²) >= 11 is 0. The minimum absolute atomic E-state index is 0.543. The van der Waals surface area contributed by atoms with Gasteiger partial charge in [-0.05, 0) is 43.7 Å². The minimum Gasteiger partial charge on any atom is -0.348 e. The Kier molecular flexibility index (Phi) is 6.54. The Labute approximate surface area is 189 Å². The van der Waals surface area contributed by atoms with Crippen LogP contribution in [0.3, 0.4) is 0 Å². The SMILES string of the molecule is C/C=C/N(CCC)c1cccc(Nc2nccn3c(-c4cnn(CC(C)C)c4)cnc23)c1. The molecular formula is C25H31N7. The van der Waals surface area contributed by atoms with Crippen molar-refractivity contribution in [1.29, 1.82) is 0 Å². The highest BCUT2D eigenvalue weighted by Crippen LogP contribution is 2.27. The first-order valence-electron chi connectivity index (χ1n) is 11.2. The highest BCUT2D eigenvalue weighted by Gasteiger charge is 2.13. The van der Waals surface area contributed by atoms with E-state index in [1.54, 1.807) is 6.20 Å². The number of hydrogen-bond donors (Lipinski definition) is 1. The maximum Gasteiger partial charge on any atom is 0.180 e. The van der Waals surface area contributed by atoms with Crippen molar-refractivity contribution >= 4 is 22.8 Å². The molecule has 0 bridgehead atoms. The number of fused-ring (bicyclic) bond motifs is 1. The van der Waals surface area contributed by atoms with Crippen LogP contribution in [0.1, 0.15) is 34.1 Å². The molecule has 1 N–H and O–H groups in total. The van der Waals surface area contributed by atoms with Gasteiger partial charge in [-0.1, -0.05) is 32.9 Å². The predicted octanol–water partition coefficient (Wildman–Crippen LogP) is 5.74. The molecule has 32 heavy (non-hydrogen) atoms. The van der Waals surface area contributed by atoms with E-state index < -0.39 is 0 Å². The van der Waals surface area contributed by atoms with Crippen LogP contribution in [0.2, 0.25) is 0 Å². The summed E-state index contributed by atoms with van der Waals surface area (Å²) in [5.41, 5.74) is 4.94. The lowest BCUT2D eigenvalue weighted by atomic mass is 10.2. The average molecular weight is 430 g/mol. The first-order chi connectivity index (χ1) is 15.6. The second-order valence-corrected chi connectivity index (χ2v) is 8.31. The average Bonchev–Trinajstić information content (AvgIpc) is 3.41. The molecule has 3 heterocycles. The Bertz CT molecular complexity index is 1200. The molecule has 0 aliphatic rings. The molecular weight excluding hydrogens is 398 g/mol. The van der Waals surface area contributed by atoms with E-state index in [0.717, 1.165) is 53.6 Å². The van der Waals surface area contributed by atoms with Gasteiger partial charge in [0.1, 0.15) is 0 Å². The lowest BCUT2D eigenvalue weighted by Crippen LogP contribution is -2.16. The molecule has 3 aromatic heterocycles. The van der Waals surface area contributed by atoms with E-state index in [9.17, 15) is 0 Å². The Morgan fingerprint density at radius 3 is 2.84 bits per heavy atom. The fourth-order valence-electron chi connectivity index (χ4n) is 3.80. The first-order valence-corrected chi connectivity index (χ1v) is 11.2. The van der Waals surface area contributed by atoms with Gasteiger partial charge in [-0.2, -0.15) is 5.10 Å². The summed E-state index contributed by atoms with van der Waals surface area (Å²) < 4.78 is 4.04. The zero-order valence-electron chi connectivity index (χ0n) is 19.2. The van der Waals surface area contributed by atoms with Crippen LogP contribution in [0, 0.1) is 5.92 Å². The van der Waals surface area contributed by atoms with Gasteiger partial charge in [0.2, 0.25) is 0 Å². The topological polar surface area (TPSA) is 63.3 Å². The number of nitrogens with zero attached hydrogens (tertiary/aromatic N) is 6. The molecule has 0 aliphatic carbocycles. The third-order valence-electron chi connectivity index (χ3n) is 5.14. The van der Waals surface area contributed by atoms with Crippen LogP contribution < -0.4 is 10.2 Å². The van der Waals surface area contributed by atoms with Gasteiger partial charge >= 0.3 is 0 Å². The second-order valence-electron chi connectivity index (χ2n) is 8.31. The number of benzene rings is 1. The molecule has 0 saturated carbocycles. The van der Waals surface area contributed by atoms with E-state index in [1.807, 2.05) is 36.3 Å². The molecule has 0 aliphatic heterocycles. The van der Waals surface area contributed by atoms with E-state index in [-0.39, 0.29) is 0 Å². The number of rotatable bonds is 9. The van der Waals surface area contributed by atoms with Gasteiger partial charge in [0.25, 0.3) is 0 Å². The van der Waals surface area contributed by atoms with Crippen LogP contribution in [-0.2, 0) is 6.54 Å². The molecule has 0 unspecified atom stereocenters. The van der Waals surface area contributed by atoms with Crippen molar-refractivity contribution in [3.05, 3.63) is 67.5 Å². The zero-order valence-corrected chi connectivity index (χ0v) is 19.2. The largest absolute Gasteiger partial charge is 0.348 e. The Balaban J connectivity index is 1.63. The van der Waals surface area contributed by atoms with Gasteiger partial charge in [0.05, 0.1) is 18.1 Å². The van der Waals surface area contributed by atoms with Crippen molar-refractivity contribution in [2.45, 2.75) is 40.7 Å². The highest BCUT2D eigenvalue weighted by atomic mass is 15.3. The van der Waals surface area contributed by atoms with E-state index in [1.165, 1.54) is 0 Å². The molecule has 0 fully saturated rings. The molecule has 4 rings (SSSR count). The third-order valence-corrected chi connectivity index (χ3v) is 5.14. The third kappa shape index (κ3) is 4.66. The molecule has 7 heteroatoms. The maximum absolute atomic E-state index is 4.66. The van der Waals surface area contributed by atoms with Crippen molar-refractivity contribution in [2.75, 3.05) is 16.8 Å². The number of nitrogens with one attached hydrogen (secondary N) is 1. The predicted molar refractivity (Wildman–Crippen MR) is 131 cm³/mol. The molecule has 0 spiro atoms. The monoisotopic (exact) mass is 429 g/mol. The van der Waals surface area contributed by atoms with Gasteiger partial charge in [0, 0.05) is 48.6 Å². The van der Waals surface area contributed by atoms with Gasteiger partial charge in [-0.15, -0.1) is 0 Å². The molecule has 0 radical (unpaired) electrons. The van der Waals surface area contributed by atoms with Gasteiger partial charge in [-0.25, -0.2) is 9.97 Å². The van der Waals surface area contributed by atoms with Crippen LogP contribution >= 0.6 is 0 Å².